The zero-order valence-corrected chi connectivity index (χ0v) is 13.1. The molecule has 0 aliphatic carbocycles. The Labute approximate surface area is 135 Å². The molecule has 0 fully saturated rings. The average Bonchev–Trinajstić information content (AvgIpc) is 2.56. The summed E-state index contributed by atoms with van der Waals surface area (Å²) in [6.07, 6.45) is 0. The van der Waals surface area contributed by atoms with Gasteiger partial charge < -0.3 is 5.32 Å². The monoisotopic (exact) mass is 311 g/mol. The van der Waals surface area contributed by atoms with Gasteiger partial charge in [-0.15, -0.1) is 0 Å². The van der Waals surface area contributed by atoms with Gasteiger partial charge in [0, 0.05) is 17.8 Å². The van der Waals surface area contributed by atoms with Crippen LogP contribution in [0.4, 0.5) is 10.1 Å². The van der Waals surface area contributed by atoms with E-state index >= 15 is 0 Å². The number of likely N-dealkylation sites (N-methyl/N-ethyl adjacent to an activating group) is 1. The Bertz CT molecular complexity index is 722. The molecule has 1 amide bonds. The Kier molecular flexibility index (Phi) is 5.45. The molecule has 2 rings (SSSR count). The van der Waals surface area contributed by atoms with E-state index in [1.54, 1.807) is 61.3 Å². The van der Waals surface area contributed by atoms with Gasteiger partial charge in [-0.2, -0.15) is 5.26 Å². The third-order valence-electron chi connectivity index (χ3n) is 3.70. The van der Waals surface area contributed by atoms with E-state index in [4.69, 9.17) is 5.26 Å². The van der Waals surface area contributed by atoms with Gasteiger partial charge in [0.15, 0.2) is 0 Å². The smallest absolute Gasteiger partial charge is 0.241 e. The number of halogens is 1. The summed E-state index contributed by atoms with van der Waals surface area (Å²) in [6.45, 7) is 2.11. The summed E-state index contributed by atoms with van der Waals surface area (Å²) in [4.78, 5) is 14.0. The lowest BCUT2D eigenvalue weighted by Crippen LogP contribution is -2.39. The van der Waals surface area contributed by atoms with Crippen molar-refractivity contribution in [3.63, 3.8) is 0 Å². The highest BCUT2D eigenvalue weighted by molar-refractivity contribution is 5.94. The van der Waals surface area contributed by atoms with Gasteiger partial charge in [0.25, 0.3) is 0 Å². The molecule has 1 atom stereocenters. The minimum Gasteiger partial charge on any atom is -0.325 e. The highest BCUT2D eigenvalue weighted by Crippen LogP contribution is 2.13. The van der Waals surface area contributed by atoms with Crippen LogP contribution in [0.2, 0.25) is 0 Å². The number of benzene rings is 2. The molecule has 118 valence electrons. The highest BCUT2D eigenvalue weighted by atomic mass is 19.1. The lowest BCUT2D eigenvalue weighted by molar-refractivity contribution is -0.120. The molecular weight excluding hydrogens is 293 g/mol. The lowest BCUT2D eigenvalue weighted by atomic mass is 10.1. The number of carbonyl (C=O) groups excluding carboxylic acids is 1. The van der Waals surface area contributed by atoms with E-state index in [1.807, 2.05) is 6.07 Å². The molecule has 0 radical (unpaired) electrons. The molecule has 4 nitrogen and oxygen atoms in total. The van der Waals surface area contributed by atoms with E-state index in [-0.39, 0.29) is 11.7 Å². The third kappa shape index (κ3) is 4.38. The summed E-state index contributed by atoms with van der Waals surface area (Å²) >= 11 is 0. The normalized spacial score (nSPS) is 11.8. The van der Waals surface area contributed by atoms with Gasteiger partial charge in [-0.05, 0) is 44.3 Å². The predicted molar refractivity (Wildman–Crippen MR) is 87.1 cm³/mol. The third-order valence-corrected chi connectivity index (χ3v) is 3.70. The zero-order chi connectivity index (χ0) is 16.8. The van der Waals surface area contributed by atoms with Crippen molar-refractivity contribution in [1.82, 2.24) is 4.90 Å². The summed E-state index contributed by atoms with van der Waals surface area (Å²) in [7, 11) is 1.77. The minimum atomic E-state index is -0.426. The Morgan fingerprint density at radius 2 is 1.91 bits per heavy atom. The Morgan fingerprint density at radius 3 is 2.52 bits per heavy atom. The average molecular weight is 311 g/mol. The Balaban J connectivity index is 1.98. The van der Waals surface area contributed by atoms with E-state index in [1.165, 1.54) is 6.07 Å². The van der Waals surface area contributed by atoms with Crippen LogP contribution in [0.1, 0.15) is 18.1 Å². The molecule has 0 spiro atoms. The second-order valence-electron chi connectivity index (χ2n) is 5.36. The minimum absolute atomic E-state index is 0.187. The maximum atomic E-state index is 13.7. The largest absolute Gasteiger partial charge is 0.325 e. The van der Waals surface area contributed by atoms with E-state index in [9.17, 15) is 9.18 Å². The second kappa shape index (κ2) is 7.52. The summed E-state index contributed by atoms with van der Waals surface area (Å²) < 4.78 is 13.7. The van der Waals surface area contributed by atoms with Gasteiger partial charge in [-0.3, -0.25) is 9.69 Å². The number of anilines is 1. The molecule has 0 bridgehead atoms. The molecule has 1 N–H and O–H groups in total. The van der Waals surface area contributed by atoms with Crippen LogP contribution in [0.25, 0.3) is 0 Å². The number of nitrogens with one attached hydrogen (secondary N) is 1. The molecule has 0 saturated carbocycles. The Morgan fingerprint density at radius 1 is 1.26 bits per heavy atom. The summed E-state index contributed by atoms with van der Waals surface area (Å²) in [5.74, 6) is -0.465. The van der Waals surface area contributed by atoms with E-state index in [0.29, 0.717) is 23.4 Å². The van der Waals surface area contributed by atoms with Crippen LogP contribution in [0.5, 0.6) is 0 Å². The number of rotatable bonds is 5. The van der Waals surface area contributed by atoms with Crippen molar-refractivity contribution in [3.8, 4) is 6.07 Å². The van der Waals surface area contributed by atoms with Gasteiger partial charge in [0.2, 0.25) is 5.91 Å². The van der Waals surface area contributed by atoms with Crippen molar-refractivity contribution in [1.29, 1.82) is 5.26 Å². The number of hydrogen-bond acceptors (Lipinski definition) is 3. The van der Waals surface area contributed by atoms with Crippen LogP contribution in [-0.4, -0.2) is 23.9 Å². The van der Waals surface area contributed by atoms with Crippen molar-refractivity contribution >= 4 is 11.6 Å². The van der Waals surface area contributed by atoms with Gasteiger partial charge in [-0.25, -0.2) is 4.39 Å². The highest BCUT2D eigenvalue weighted by Gasteiger charge is 2.19. The maximum absolute atomic E-state index is 13.7. The second-order valence-corrected chi connectivity index (χ2v) is 5.36. The SMILES string of the molecule is CC(C(=O)Nc1ccc(C#N)cc1)N(C)Cc1ccccc1F. The van der Waals surface area contributed by atoms with Crippen molar-refractivity contribution in [3.05, 3.63) is 65.5 Å². The Hall–Kier alpha value is -2.71. The standard InChI is InChI=1S/C18H18FN3O/c1-13(22(2)12-15-5-3-4-6-17(15)19)18(23)21-16-9-7-14(11-20)8-10-16/h3-10,13H,12H2,1-2H3,(H,21,23). The van der Waals surface area contributed by atoms with Crippen molar-refractivity contribution < 1.29 is 9.18 Å². The number of hydrogen-bond donors (Lipinski definition) is 1. The molecule has 0 aromatic heterocycles. The molecule has 5 heteroatoms. The first-order chi connectivity index (χ1) is 11.0. The van der Waals surface area contributed by atoms with E-state index < -0.39 is 6.04 Å². The molecule has 0 saturated heterocycles. The molecule has 0 aliphatic heterocycles. The molecule has 0 heterocycles. The van der Waals surface area contributed by atoms with Gasteiger partial charge in [-0.1, -0.05) is 18.2 Å². The first-order valence-corrected chi connectivity index (χ1v) is 7.26. The fourth-order valence-electron chi connectivity index (χ4n) is 2.11. The lowest BCUT2D eigenvalue weighted by Gasteiger charge is -2.24. The topological polar surface area (TPSA) is 56.1 Å². The fraction of sp³-hybridized carbons (Fsp3) is 0.222. The van der Waals surface area contributed by atoms with Gasteiger partial charge >= 0.3 is 0 Å². The molecule has 23 heavy (non-hydrogen) atoms. The van der Waals surface area contributed by atoms with Gasteiger partial charge in [0.1, 0.15) is 5.82 Å². The number of amides is 1. The van der Waals surface area contributed by atoms with Gasteiger partial charge in [0.05, 0.1) is 17.7 Å². The summed E-state index contributed by atoms with van der Waals surface area (Å²) in [5, 5.41) is 11.5. The molecule has 2 aromatic rings. The molecule has 2 aromatic carbocycles. The number of nitrogens with zero attached hydrogens (tertiary/aromatic N) is 2. The summed E-state index contributed by atoms with van der Waals surface area (Å²) in [5.41, 5.74) is 1.71. The fourth-order valence-corrected chi connectivity index (χ4v) is 2.11. The van der Waals surface area contributed by atoms with Crippen LogP contribution >= 0.6 is 0 Å². The first-order valence-electron chi connectivity index (χ1n) is 7.26. The zero-order valence-electron chi connectivity index (χ0n) is 13.1. The predicted octanol–water partition coefficient (Wildman–Crippen LogP) is 3.16. The van der Waals surface area contributed by atoms with Crippen molar-refractivity contribution in [2.45, 2.75) is 19.5 Å². The number of nitriles is 1. The number of carbonyl (C=O) groups is 1. The molecule has 1 unspecified atom stereocenters. The van der Waals surface area contributed by atoms with E-state index in [2.05, 4.69) is 5.32 Å². The van der Waals surface area contributed by atoms with Crippen molar-refractivity contribution in [2.75, 3.05) is 12.4 Å². The van der Waals surface area contributed by atoms with Crippen LogP contribution in [0.15, 0.2) is 48.5 Å². The van der Waals surface area contributed by atoms with Crippen LogP contribution < -0.4 is 5.32 Å². The van der Waals surface area contributed by atoms with Crippen LogP contribution in [0.3, 0.4) is 0 Å². The first kappa shape index (κ1) is 16.7. The molecular formula is C18H18FN3O. The van der Waals surface area contributed by atoms with Crippen LogP contribution in [-0.2, 0) is 11.3 Å². The van der Waals surface area contributed by atoms with Crippen LogP contribution in [0, 0.1) is 17.1 Å². The molecule has 0 aliphatic rings. The quantitative estimate of drug-likeness (QED) is 0.923. The maximum Gasteiger partial charge on any atom is 0.241 e. The summed E-state index contributed by atoms with van der Waals surface area (Å²) in [6, 6.07) is 14.8. The van der Waals surface area contributed by atoms with Crippen molar-refractivity contribution in [2.24, 2.45) is 0 Å². The van der Waals surface area contributed by atoms with E-state index in [0.717, 1.165) is 0 Å².